The fourth-order valence-electron chi connectivity index (χ4n) is 1.85. The van der Waals surface area contributed by atoms with E-state index in [1.807, 2.05) is 0 Å². The van der Waals surface area contributed by atoms with Crippen LogP contribution in [0.4, 0.5) is 13.2 Å². The van der Waals surface area contributed by atoms with E-state index in [1.54, 1.807) is 12.1 Å². The average molecular weight is 359 g/mol. The average Bonchev–Trinajstić information content (AvgIpc) is 2.45. The van der Waals surface area contributed by atoms with Gasteiger partial charge in [0.15, 0.2) is 0 Å². The van der Waals surface area contributed by atoms with Crippen LogP contribution in [0.3, 0.4) is 0 Å². The lowest BCUT2D eigenvalue weighted by Gasteiger charge is -2.11. The van der Waals surface area contributed by atoms with Crippen molar-refractivity contribution in [2.75, 3.05) is 7.11 Å². The highest BCUT2D eigenvalue weighted by atomic mass is 79.9. The number of methoxy groups -OCH3 is 1. The molecule has 2 nitrogen and oxygen atoms in total. The number of carbonyl (C=O) groups is 1. The molecule has 2 rings (SSSR count). The Morgan fingerprint density at radius 1 is 1.14 bits per heavy atom. The first-order chi connectivity index (χ1) is 9.82. The van der Waals surface area contributed by atoms with Gasteiger partial charge < -0.3 is 4.74 Å². The van der Waals surface area contributed by atoms with Crippen LogP contribution < -0.4 is 0 Å². The molecular weight excluding hydrogens is 349 g/mol. The molecule has 0 aliphatic carbocycles. The second kappa shape index (κ2) is 5.89. The molecule has 0 aromatic heterocycles. The van der Waals surface area contributed by atoms with Gasteiger partial charge in [0.1, 0.15) is 0 Å². The summed E-state index contributed by atoms with van der Waals surface area (Å²) in [6.07, 6.45) is -4.42. The van der Waals surface area contributed by atoms with Crippen molar-refractivity contribution in [3.63, 3.8) is 0 Å². The molecule has 0 heterocycles. The Kier molecular flexibility index (Phi) is 4.37. The molecule has 0 aliphatic rings. The first-order valence-corrected chi connectivity index (χ1v) is 6.67. The third kappa shape index (κ3) is 3.44. The van der Waals surface area contributed by atoms with Crippen LogP contribution >= 0.6 is 15.9 Å². The number of hydrogen-bond acceptors (Lipinski definition) is 2. The van der Waals surface area contributed by atoms with Crippen LogP contribution in [-0.2, 0) is 10.9 Å². The Morgan fingerprint density at radius 3 is 2.48 bits per heavy atom. The molecule has 0 saturated carbocycles. The van der Waals surface area contributed by atoms with E-state index in [1.165, 1.54) is 25.3 Å². The van der Waals surface area contributed by atoms with E-state index in [4.69, 9.17) is 0 Å². The van der Waals surface area contributed by atoms with Crippen molar-refractivity contribution in [2.24, 2.45) is 0 Å². The number of benzene rings is 2. The highest BCUT2D eigenvalue weighted by molar-refractivity contribution is 9.10. The highest BCUT2D eigenvalue weighted by Crippen LogP contribution is 2.36. The van der Waals surface area contributed by atoms with Crippen molar-refractivity contribution in [3.8, 4) is 11.1 Å². The summed E-state index contributed by atoms with van der Waals surface area (Å²) in [4.78, 5) is 11.5. The normalized spacial score (nSPS) is 11.3. The number of hydrogen-bond donors (Lipinski definition) is 0. The van der Waals surface area contributed by atoms with Gasteiger partial charge in [-0.05, 0) is 41.5 Å². The summed E-state index contributed by atoms with van der Waals surface area (Å²) in [6.45, 7) is 0. The largest absolute Gasteiger partial charge is 0.465 e. The van der Waals surface area contributed by atoms with Crippen molar-refractivity contribution >= 4 is 21.9 Å². The summed E-state index contributed by atoms with van der Waals surface area (Å²) in [6, 6.07) is 9.63. The summed E-state index contributed by atoms with van der Waals surface area (Å²) >= 11 is 3.23. The molecule has 0 unspecified atom stereocenters. The molecule has 110 valence electrons. The molecule has 0 fully saturated rings. The monoisotopic (exact) mass is 358 g/mol. The minimum atomic E-state index is -4.42. The van der Waals surface area contributed by atoms with Crippen LogP contribution in [0.1, 0.15) is 15.9 Å². The Morgan fingerprint density at radius 2 is 1.86 bits per heavy atom. The maximum atomic E-state index is 12.8. The third-order valence-electron chi connectivity index (χ3n) is 2.89. The first-order valence-electron chi connectivity index (χ1n) is 5.88. The molecule has 6 heteroatoms. The summed E-state index contributed by atoms with van der Waals surface area (Å²) in [5, 5.41) is 0. The Bertz CT molecular complexity index is 681. The lowest BCUT2D eigenvalue weighted by atomic mass is 10.0. The van der Waals surface area contributed by atoms with Gasteiger partial charge in [-0.3, -0.25) is 0 Å². The number of carbonyl (C=O) groups excluding carboxylic acids is 1. The van der Waals surface area contributed by atoms with E-state index < -0.39 is 17.7 Å². The molecule has 0 aliphatic heterocycles. The first kappa shape index (κ1) is 15.6. The van der Waals surface area contributed by atoms with Gasteiger partial charge in [0.05, 0.1) is 18.2 Å². The maximum absolute atomic E-state index is 12.8. The highest BCUT2D eigenvalue weighted by Gasteiger charge is 2.31. The van der Waals surface area contributed by atoms with Crippen LogP contribution in [0.25, 0.3) is 11.1 Å². The van der Waals surface area contributed by atoms with E-state index in [-0.39, 0.29) is 5.56 Å². The van der Waals surface area contributed by atoms with Crippen molar-refractivity contribution in [3.05, 3.63) is 58.1 Å². The standard InChI is InChI=1S/C15H10BrF3O2/c1-21-14(20)10-4-2-3-9(7-10)12-8-11(15(17,18)19)5-6-13(12)16/h2-8H,1H3. The Labute approximate surface area is 127 Å². The quantitative estimate of drug-likeness (QED) is 0.712. The lowest BCUT2D eigenvalue weighted by molar-refractivity contribution is -0.137. The second-order valence-electron chi connectivity index (χ2n) is 4.26. The van der Waals surface area contributed by atoms with Gasteiger partial charge in [-0.2, -0.15) is 13.2 Å². The molecule has 0 amide bonds. The van der Waals surface area contributed by atoms with Crippen molar-refractivity contribution in [2.45, 2.75) is 6.18 Å². The van der Waals surface area contributed by atoms with Crippen LogP contribution in [0.5, 0.6) is 0 Å². The van der Waals surface area contributed by atoms with Crippen LogP contribution in [-0.4, -0.2) is 13.1 Å². The molecule has 0 atom stereocenters. The zero-order chi connectivity index (χ0) is 15.6. The van der Waals surface area contributed by atoms with E-state index >= 15 is 0 Å². The van der Waals surface area contributed by atoms with E-state index in [0.717, 1.165) is 12.1 Å². The third-order valence-corrected chi connectivity index (χ3v) is 3.58. The van der Waals surface area contributed by atoms with E-state index in [9.17, 15) is 18.0 Å². The molecular formula is C15H10BrF3O2. The van der Waals surface area contributed by atoms with E-state index in [2.05, 4.69) is 20.7 Å². The zero-order valence-electron chi connectivity index (χ0n) is 10.9. The fourth-order valence-corrected chi connectivity index (χ4v) is 2.33. The van der Waals surface area contributed by atoms with Gasteiger partial charge in [-0.25, -0.2) is 4.79 Å². The van der Waals surface area contributed by atoms with E-state index in [0.29, 0.717) is 15.6 Å². The molecule has 21 heavy (non-hydrogen) atoms. The van der Waals surface area contributed by atoms with Gasteiger partial charge in [0, 0.05) is 4.47 Å². The summed E-state index contributed by atoms with van der Waals surface area (Å²) in [7, 11) is 1.25. The molecule has 2 aromatic carbocycles. The smallest absolute Gasteiger partial charge is 0.416 e. The van der Waals surface area contributed by atoms with Crippen molar-refractivity contribution < 1.29 is 22.7 Å². The summed E-state index contributed by atoms with van der Waals surface area (Å²) < 4.78 is 43.5. The maximum Gasteiger partial charge on any atom is 0.416 e. The van der Waals surface area contributed by atoms with Gasteiger partial charge in [-0.15, -0.1) is 0 Å². The van der Waals surface area contributed by atoms with Crippen molar-refractivity contribution in [1.29, 1.82) is 0 Å². The minimum Gasteiger partial charge on any atom is -0.465 e. The second-order valence-corrected chi connectivity index (χ2v) is 5.12. The predicted octanol–water partition coefficient (Wildman–Crippen LogP) is 4.92. The molecule has 0 saturated heterocycles. The number of halogens is 4. The van der Waals surface area contributed by atoms with Crippen LogP contribution in [0.15, 0.2) is 46.9 Å². The summed E-state index contributed by atoms with van der Waals surface area (Å²) in [5.41, 5.74) is 0.384. The van der Waals surface area contributed by atoms with Crippen LogP contribution in [0.2, 0.25) is 0 Å². The zero-order valence-corrected chi connectivity index (χ0v) is 12.5. The number of ether oxygens (including phenoxy) is 1. The topological polar surface area (TPSA) is 26.3 Å². The molecule has 0 spiro atoms. The molecule has 0 N–H and O–H groups in total. The lowest BCUT2D eigenvalue weighted by Crippen LogP contribution is -2.05. The summed E-state index contributed by atoms with van der Waals surface area (Å²) in [5.74, 6) is -0.542. The Hall–Kier alpha value is -1.82. The molecule has 0 radical (unpaired) electrons. The fraction of sp³-hybridized carbons (Fsp3) is 0.133. The van der Waals surface area contributed by atoms with Gasteiger partial charge in [0.25, 0.3) is 0 Å². The predicted molar refractivity (Wildman–Crippen MR) is 75.9 cm³/mol. The minimum absolute atomic E-state index is 0.277. The Balaban J connectivity index is 2.54. The van der Waals surface area contributed by atoms with Gasteiger partial charge >= 0.3 is 12.1 Å². The van der Waals surface area contributed by atoms with Crippen molar-refractivity contribution in [1.82, 2.24) is 0 Å². The van der Waals surface area contributed by atoms with Crippen LogP contribution in [0, 0.1) is 0 Å². The SMILES string of the molecule is COC(=O)c1cccc(-c2cc(C(F)(F)F)ccc2Br)c1. The van der Waals surface area contributed by atoms with Gasteiger partial charge in [0.2, 0.25) is 0 Å². The number of alkyl halides is 3. The van der Waals surface area contributed by atoms with Gasteiger partial charge in [-0.1, -0.05) is 28.1 Å². The molecule has 0 bridgehead atoms. The molecule has 2 aromatic rings. The number of esters is 1. The number of rotatable bonds is 2.